The Balaban J connectivity index is 2.66. The summed E-state index contributed by atoms with van der Waals surface area (Å²) in [6.45, 7) is 12.2. The van der Waals surface area contributed by atoms with Crippen molar-refractivity contribution in [1.29, 1.82) is 0 Å². The number of alkyl carbamates (subject to hydrolysis) is 1. The van der Waals surface area contributed by atoms with E-state index in [0.717, 1.165) is 19.3 Å². The fraction of sp³-hybridized carbons (Fsp3) is 0.786. The lowest BCUT2D eigenvalue weighted by molar-refractivity contribution is 0.0439. The molecule has 0 aromatic heterocycles. The second kappa shape index (κ2) is 4.97. The van der Waals surface area contributed by atoms with Crippen molar-refractivity contribution < 1.29 is 9.53 Å². The smallest absolute Gasteiger partial charge is 0.408 e. The van der Waals surface area contributed by atoms with E-state index < -0.39 is 13.7 Å². The Morgan fingerprint density at radius 3 is 2.17 bits per heavy atom. The largest absolute Gasteiger partial charge is 0.444 e. The Bertz CT molecular complexity index is 375. The second-order valence-electron chi connectivity index (χ2n) is 7.06. The minimum Gasteiger partial charge on any atom is -0.444 e. The van der Waals surface area contributed by atoms with Gasteiger partial charge in [-0.05, 0) is 40.0 Å². The maximum atomic E-state index is 11.8. The summed E-state index contributed by atoms with van der Waals surface area (Å²) in [7, 11) is -1.40. The molecule has 0 aromatic rings. The zero-order valence-electron chi connectivity index (χ0n) is 12.4. The number of rotatable bonds is 1. The van der Waals surface area contributed by atoms with Crippen molar-refractivity contribution in [2.24, 2.45) is 0 Å². The lowest BCUT2D eigenvalue weighted by Gasteiger charge is -2.38. The highest BCUT2D eigenvalue weighted by Gasteiger charge is 2.38. The zero-order chi connectivity index (χ0) is 14.0. The Morgan fingerprint density at radius 1 is 1.28 bits per heavy atom. The number of hydrogen-bond acceptors (Lipinski definition) is 2. The highest BCUT2D eigenvalue weighted by atomic mass is 28.3. The van der Waals surface area contributed by atoms with Crippen molar-refractivity contribution in [3.05, 3.63) is 0 Å². The van der Waals surface area contributed by atoms with Crippen LogP contribution >= 0.6 is 0 Å². The van der Waals surface area contributed by atoms with Gasteiger partial charge in [-0.1, -0.05) is 25.6 Å². The van der Waals surface area contributed by atoms with Crippen LogP contribution < -0.4 is 5.32 Å². The lowest BCUT2D eigenvalue weighted by atomic mass is 9.78. The molecule has 0 aromatic carbocycles. The number of amides is 1. The summed E-state index contributed by atoms with van der Waals surface area (Å²) in [5, 5.41) is 2.95. The average molecular weight is 267 g/mol. The normalized spacial score (nSPS) is 18.1. The third-order valence-electron chi connectivity index (χ3n) is 2.62. The van der Waals surface area contributed by atoms with Crippen molar-refractivity contribution in [3.8, 4) is 11.5 Å². The minimum atomic E-state index is -1.40. The third kappa shape index (κ3) is 5.13. The van der Waals surface area contributed by atoms with E-state index in [4.69, 9.17) is 4.74 Å². The molecule has 0 atom stereocenters. The van der Waals surface area contributed by atoms with Crippen LogP contribution in [0.3, 0.4) is 0 Å². The van der Waals surface area contributed by atoms with Gasteiger partial charge in [-0.15, -0.1) is 5.54 Å². The van der Waals surface area contributed by atoms with Crippen LogP contribution in [-0.2, 0) is 4.74 Å². The first-order valence-corrected chi connectivity index (χ1v) is 10.1. The van der Waals surface area contributed by atoms with E-state index in [-0.39, 0.29) is 11.6 Å². The van der Waals surface area contributed by atoms with Crippen LogP contribution in [0.5, 0.6) is 0 Å². The monoisotopic (exact) mass is 267 g/mol. The summed E-state index contributed by atoms with van der Waals surface area (Å²) in [4.78, 5) is 11.8. The number of carbonyl (C=O) groups excluding carboxylic acids is 1. The molecule has 1 amide bonds. The van der Waals surface area contributed by atoms with E-state index >= 15 is 0 Å². The third-order valence-corrected chi connectivity index (χ3v) is 3.50. The summed E-state index contributed by atoms with van der Waals surface area (Å²) < 4.78 is 5.29. The van der Waals surface area contributed by atoms with Crippen molar-refractivity contribution in [2.75, 3.05) is 0 Å². The van der Waals surface area contributed by atoms with Crippen LogP contribution in [0.2, 0.25) is 19.6 Å². The number of ether oxygens (including phenoxy) is 1. The molecule has 102 valence electrons. The van der Waals surface area contributed by atoms with Crippen LogP contribution in [0.15, 0.2) is 0 Å². The first-order chi connectivity index (χ1) is 8.02. The lowest BCUT2D eigenvalue weighted by Crippen LogP contribution is -2.53. The molecule has 18 heavy (non-hydrogen) atoms. The quantitative estimate of drug-likeness (QED) is 0.584. The average Bonchev–Trinajstić information content (AvgIpc) is 2.04. The van der Waals surface area contributed by atoms with Gasteiger partial charge >= 0.3 is 6.09 Å². The summed E-state index contributed by atoms with van der Waals surface area (Å²) in [6.07, 6.45) is 2.64. The molecule has 1 rings (SSSR count). The van der Waals surface area contributed by atoms with Gasteiger partial charge in [0, 0.05) is 0 Å². The van der Waals surface area contributed by atoms with Crippen LogP contribution in [0.25, 0.3) is 0 Å². The first kappa shape index (κ1) is 15.1. The van der Waals surface area contributed by atoms with E-state index in [1.165, 1.54) is 0 Å². The SMILES string of the molecule is CC(C)(C)OC(=O)NC1(C#C[Si](C)(C)C)CCC1. The number of carbonyl (C=O) groups is 1. The van der Waals surface area contributed by atoms with E-state index in [2.05, 4.69) is 36.4 Å². The van der Waals surface area contributed by atoms with Crippen LogP contribution in [0.4, 0.5) is 4.79 Å². The van der Waals surface area contributed by atoms with Gasteiger partial charge in [-0.2, -0.15) is 0 Å². The fourth-order valence-corrected chi connectivity index (χ4v) is 2.23. The topological polar surface area (TPSA) is 38.3 Å². The maximum absolute atomic E-state index is 11.8. The predicted molar refractivity (Wildman–Crippen MR) is 77.1 cm³/mol. The Kier molecular flexibility index (Phi) is 4.17. The maximum Gasteiger partial charge on any atom is 0.408 e. The van der Waals surface area contributed by atoms with Crippen molar-refractivity contribution in [3.63, 3.8) is 0 Å². The van der Waals surface area contributed by atoms with E-state index in [9.17, 15) is 4.79 Å². The molecule has 0 radical (unpaired) electrons. The molecule has 1 aliphatic rings. The molecule has 3 nitrogen and oxygen atoms in total. The van der Waals surface area contributed by atoms with Crippen molar-refractivity contribution in [2.45, 2.75) is 70.8 Å². The molecule has 1 fully saturated rings. The second-order valence-corrected chi connectivity index (χ2v) is 11.8. The first-order valence-electron chi connectivity index (χ1n) is 6.57. The minimum absolute atomic E-state index is 0.331. The predicted octanol–water partition coefficient (Wildman–Crippen LogP) is 3.31. The molecule has 0 heterocycles. The van der Waals surface area contributed by atoms with Gasteiger partial charge in [0.25, 0.3) is 0 Å². The molecule has 1 saturated carbocycles. The summed E-state index contributed by atoms with van der Waals surface area (Å²) >= 11 is 0. The highest BCUT2D eigenvalue weighted by molar-refractivity contribution is 6.83. The molecule has 0 spiro atoms. The van der Waals surface area contributed by atoms with Gasteiger partial charge in [0.15, 0.2) is 0 Å². The highest BCUT2D eigenvalue weighted by Crippen LogP contribution is 2.31. The summed E-state index contributed by atoms with van der Waals surface area (Å²) in [5.41, 5.74) is 2.56. The Labute approximate surface area is 112 Å². The van der Waals surface area contributed by atoms with Gasteiger partial charge in [-0.25, -0.2) is 4.79 Å². The van der Waals surface area contributed by atoms with E-state index in [0.29, 0.717) is 0 Å². The molecule has 0 aliphatic heterocycles. The van der Waals surface area contributed by atoms with Crippen LogP contribution in [-0.4, -0.2) is 25.3 Å². The fourth-order valence-electron chi connectivity index (χ4n) is 1.62. The summed E-state index contributed by atoms with van der Waals surface area (Å²) in [6, 6.07) is 0. The zero-order valence-corrected chi connectivity index (χ0v) is 13.4. The van der Waals surface area contributed by atoms with E-state index in [1.807, 2.05) is 20.8 Å². The van der Waals surface area contributed by atoms with Crippen molar-refractivity contribution >= 4 is 14.2 Å². The van der Waals surface area contributed by atoms with Gasteiger partial charge in [0.1, 0.15) is 19.2 Å². The Morgan fingerprint density at radius 2 is 1.83 bits per heavy atom. The molecule has 0 bridgehead atoms. The molecule has 1 aliphatic carbocycles. The molecular weight excluding hydrogens is 242 g/mol. The van der Waals surface area contributed by atoms with Gasteiger partial charge < -0.3 is 10.1 Å². The number of nitrogens with one attached hydrogen (secondary N) is 1. The number of hydrogen-bond donors (Lipinski definition) is 1. The van der Waals surface area contributed by atoms with E-state index in [1.54, 1.807) is 0 Å². The van der Waals surface area contributed by atoms with Crippen LogP contribution in [0, 0.1) is 11.5 Å². The van der Waals surface area contributed by atoms with Gasteiger partial charge in [0.2, 0.25) is 0 Å². The summed E-state index contributed by atoms with van der Waals surface area (Å²) in [5.74, 6) is 3.29. The molecular formula is C14H25NO2Si. The molecule has 4 heteroatoms. The van der Waals surface area contributed by atoms with Crippen LogP contribution in [0.1, 0.15) is 40.0 Å². The molecule has 0 unspecified atom stereocenters. The molecule has 0 saturated heterocycles. The molecule has 1 N–H and O–H groups in total. The van der Waals surface area contributed by atoms with Gasteiger partial charge in [-0.3, -0.25) is 0 Å². The van der Waals surface area contributed by atoms with Gasteiger partial charge in [0.05, 0.1) is 0 Å². The van der Waals surface area contributed by atoms with Crippen molar-refractivity contribution in [1.82, 2.24) is 5.32 Å². The Hall–Kier alpha value is -0.953. The standard InChI is InChI=1S/C14H25NO2Si/c1-13(2,3)17-12(16)15-14(8-7-9-14)10-11-18(4,5)6/h7-9H2,1-6H3,(H,15,16).